The Balaban J connectivity index is 2.95. The van der Waals surface area contributed by atoms with Crippen molar-refractivity contribution >= 4 is 18.4 Å². The van der Waals surface area contributed by atoms with Crippen LogP contribution in [-0.4, -0.2) is 19.7 Å². The SMILES string of the molecule is CCCCCCOSOC(=O)NC. The van der Waals surface area contributed by atoms with Crippen LogP contribution in [0.1, 0.15) is 32.6 Å². The molecule has 0 fully saturated rings. The average molecular weight is 207 g/mol. The normalized spacial score (nSPS) is 9.69. The molecule has 0 heterocycles. The second-order valence-corrected chi connectivity index (χ2v) is 3.11. The number of carbonyl (C=O) groups is 1. The molecule has 0 saturated heterocycles. The molecular formula is C8H17NO3S. The number of amides is 1. The maximum atomic E-state index is 10.5. The molecular weight excluding hydrogens is 190 g/mol. The van der Waals surface area contributed by atoms with E-state index in [4.69, 9.17) is 4.18 Å². The summed E-state index contributed by atoms with van der Waals surface area (Å²) in [4.78, 5) is 10.5. The predicted molar refractivity (Wildman–Crippen MR) is 53.2 cm³/mol. The van der Waals surface area contributed by atoms with E-state index in [9.17, 15) is 4.79 Å². The second kappa shape index (κ2) is 9.67. The van der Waals surface area contributed by atoms with Crippen LogP contribution >= 0.6 is 12.3 Å². The van der Waals surface area contributed by atoms with Crippen molar-refractivity contribution in [2.75, 3.05) is 13.7 Å². The zero-order valence-electron chi connectivity index (χ0n) is 8.17. The van der Waals surface area contributed by atoms with Gasteiger partial charge in [-0.3, -0.25) is 4.18 Å². The van der Waals surface area contributed by atoms with Crippen molar-refractivity contribution in [2.24, 2.45) is 0 Å². The van der Waals surface area contributed by atoms with Crippen molar-refractivity contribution in [3.8, 4) is 0 Å². The Morgan fingerprint density at radius 3 is 2.77 bits per heavy atom. The van der Waals surface area contributed by atoms with Crippen LogP contribution in [0.3, 0.4) is 0 Å². The van der Waals surface area contributed by atoms with Crippen LogP contribution in [0.2, 0.25) is 0 Å². The fraction of sp³-hybridized carbons (Fsp3) is 0.875. The smallest absolute Gasteiger partial charge is 0.347 e. The van der Waals surface area contributed by atoms with Crippen LogP contribution in [0.25, 0.3) is 0 Å². The first kappa shape index (κ1) is 12.6. The molecule has 0 bridgehead atoms. The van der Waals surface area contributed by atoms with Crippen LogP contribution in [0.4, 0.5) is 4.79 Å². The topological polar surface area (TPSA) is 47.6 Å². The Morgan fingerprint density at radius 2 is 2.15 bits per heavy atom. The third kappa shape index (κ3) is 9.49. The van der Waals surface area contributed by atoms with Crippen LogP contribution < -0.4 is 5.32 Å². The summed E-state index contributed by atoms with van der Waals surface area (Å²) in [6, 6.07) is 0. The summed E-state index contributed by atoms with van der Waals surface area (Å²) in [5, 5.41) is 2.31. The van der Waals surface area contributed by atoms with Crippen LogP contribution in [0.5, 0.6) is 0 Å². The van der Waals surface area contributed by atoms with Crippen molar-refractivity contribution in [2.45, 2.75) is 32.6 Å². The van der Waals surface area contributed by atoms with E-state index in [0.29, 0.717) is 6.61 Å². The molecule has 0 saturated carbocycles. The van der Waals surface area contributed by atoms with Crippen molar-refractivity contribution in [1.82, 2.24) is 5.32 Å². The standard InChI is InChI=1S/C8H17NO3S/c1-3-4-5-6-7-11-13-12-8(10)9-2/h3-7H2,1-2H3,(H,9,10). The first-order valence-corrected chi connectivity index (χ1v) is 5.15. The molecule has 78 valence electrons. The number of unbranched alkanes of at least 4 members (excludes halogenated alkanes) is 3. The van der Waals surface area contributed by atoms with E-state index in [2.05, 4.69) is 16.4 Å². The number of hydrogen-bond donors (Lipinski definition) is 1. The fourth-order valence-corrected chi connectivity index (χ4v) is 1.10. The number of hydrogen-bond acceptors (Lipinski definition) is 4. The van der Waals surface area contributed by atoms with Gasteiger partial charge in [-0.1, -0.05) is 26.2 Å². The Labute approximate surface area is 83.8 Å². The molecule has 0 rings (SSSR count). The monoisotopic (exact) mass is 207 g/mol. The highest BCUT2D eigenvalue weighted by atomic mass is 32.2. The lowest BCUT2D eigenvalue weighted by atomic mass is 10.2. The van der Waals surface area contributed by atoms with Gasteiger partial charge in [-0.15, -0.1) is 0 Å². The molecule has 0 atom stereocenters. The van der Waals surface area contributed by atoms with Crippen molar-refractivity contribution in [1.29, 1.82) is 0 Å². The van der Waals surface area contributed by atoms with Gasteiger partial charge < -0.3 is 9.50 Å². The van der Waals surface area contributed by atoms with Gasteiger partial charge in [0, 0.05) is 7.05 Å². The molecule has 4 nitrogen and oxygen atoms in total. The Morgan fingerprint density at radius 1 is 1.38 bits per heavy atom. The maximum absolute atomic E-state index is 10.5. The highest BCUT2D eigenvalue weighted by Gasteiger charge is 1.98. The van der Waals surface area contributed by atoms with E-state index >= 15 is 0 Å². The highest BCUT2D eigenvalue weighted by molar-refractivity contribution is 7.90. The molecule has 0 aromatic rings. The summed E-state index contributed by atoms with van der Waals surface area (Å²) in [5.41, 5.74) is 0. The minimum atomic E-state index is -0.487. The minimum absolute atomic E-state index is 0.487. The quantitative estimate of drug-likeness (QED) is 0.514. The van der Waals surface area contributed by atoms with Gasteiger partial charge in [-0.25, -0.2) is 4.79 Å². The molecule has 0 aromatic heterocycles. The van der Waals surface area contributed by atoms with E-state index in [1.165, 1.54) is 19.9 Å². The molecule has 0 radical (unpaired) electrons. The zero-order valence-corrected chi connectivity index (χ0v) is 8.99. The molecule has 0 aliphatic heterocycles. The van der Waals surface area contributed by atoms with Gasteiger partial charge in [0.05, 0.1) is 6.61 Å². The first-order valence-electron chi connectivity index (χ1n) is 4.49. The number of rotatable bonds is 7. The largest absolute Gasteiger partial charge is 0.420 e. The summed E-state index contributed by atoms with van der Waals surface area (Å²) in [7, 11) is 1.50. The number of nitrogens with one attached hydrogen (secondary N) is 1. The van der Waals surface area contributed by atoms with Crippen molar-refractivity contribution in [3.63, 3.8) is 0 Å². The molecule has 0 aromatic carbocycles. The molecule has 0 aliphatic rings. The van der Waals surface area contributed by atoms with E-state index in [1.807, 2.05) is 0 Å². The lowest BCUT2D eigenvalue weighted by Crippen LogP contribution is -2.16. The van der Waals surface area contributed by atoms with Crippen LogP contribution in [0.15, 0.2) is 0 Å². The van der Waals surface area contributed by atoms with Crippen molar-refractivity contribution in [3.05, 3.63) is 0 Å². The molecule has 0 spiro atoms. The second-order valence-electron chi connectivity index (χ2n) is 2.57. The Bertz CT molecular complexity index is 133. The van der Waals surface area contributed by atoms with Crippen molar-refractivity contribution < 1.29 is 13.2 Å². The molecule has 0 unspecified atom stereocenters. The molecule has 5 heteroatoms. The van der Waals surface area contributed by atoms with Gasteiger partial charge in [0.1, 0.15) is 0 Å². The molecule has 13 heavy (non-hydrogen) atoms. The molecule has 1 N–H and O–H groups in total. The average Bonchev–Trinajstić information content (AvgIpc) is 2.16. The zero-order chi connectivity index (χ0) is 9.94. The van der Waals surface area contributed by atoms with Gasteiger partial charge in [-0.05, 0) is 6.42 Å². The van der Waals surface area contributed by atoms with E-state index < -0.39 is 6.09 Å². The molecule has 1 amide bonds. The third-order valence-electron chi connectivity index (χ3n) is 1.44. The maximum Gasteiger partial charge on any atom is 0.420 e. The van der Waals surface area contributed by atoms with Gasteiger partial charge >= 0.3 is 6.09 Å². The summed E-state index contributed by atoms with van der Waals surface area (Å²) in [6.45, 7) is 2.78. The van der Waals surface area contributed by atoms with Crippen LogP contribution in [0, 0.1) is 0 Å². The predicted octanol–water partition coefficient (Wildman–Crippen LogP) is 2.50. The van der Waals surface area contributed by atoms with Gasteiger partial charge in [0.15, 0.2) is 0 Å². The van der Waals surface area contributed by atoms with Gasteiger partial charge in [-0.2, -0.15) is 0 Å². The van der Waals surface area contributed by atoms with Gasteiger partial charge in [0.25, 0.3) is 0 Å². The van der Waals surface area contributed by atoms with Crippen LogP contribution in [-0.2, 0) is 8.37 Å². The third-order valence-corrected chi connectivity index (χ3v) is 1.93. The Hall–Kier alpha value is -0.420. The summed E-state index contributed by atoms with van der Waals surface area (Å²) >= 11 is 0.732. The van der Waals surface area contributed by atoms with E-state index in [0.717, 1.165) is 25.2 Å². The highest BCUT2D eigenvalue weighted by Crippen LogP contribution is 2.07. The number of carbonyl (C=O) groups excluding carboxylic acids is 1. The molecule has 0 aliphatic carbocycles. The van der Waals surface area contributed by atoms with E-state index in [1.54, 1.807) is 0 Å². The van der Waals surface area contributed by atoms with Gasteiger partial charge in [0.2, 0.25) is 12.3 Å². The lowest BCUT2D eigenvalue weighted by molar-refractivity contribution is 0.203. The minimum Gasteiger partial charge on any atom is -0.347 e. The van der Waals surface area contributed by atoms with E-state index in [-0.39, 0.29) is 0 Å². The first-order chi connectivity index (χ1) is 6.31. The summed E-state index contributed by atoms with van der Waals surface area (Å²) in [5.74, 6) is 0. The fourth-order valence-electron chi connectivity index (χ4n) is 0.718. The summed E-state index contributed by atoms with van der Waals surface area (Å²) < 4.78 is 9.53. The lowest BCUT2D eigenvalue weighted by Gasteiger charge is -2.01. The summed E-state index contributed by atoms with van der Waals surface area (Å²) in [6.07, 6.45) is 4.12. The Kier molecular flexibility index (Phi) is 9.35.